The van der Waals surface area contributed by atoms with E-state index in [2.05, 4.69) is 16.1 Å². The Labute approximate surface area is 90.7 Å². The summed E-state index contributed by atoms with van der Waals surface area (Å²) in [6, 6.07) is 0.0113. The van der Waals surface area contributed by atoms with Crippen LogP contribution in [0, 0.1) is 19.3 Å². The van der Waals surface area contributed by atoms with Crippen molar-refractivity contribution in [2.24, 2.45) is 0 Å². The van der Waals surface area contributed by atoms with Crippen molar-refractivity contribution in [3.63, 3.8) is 0 Å². The molecule has 0 saturated carbocycles. The minimum atomic E-state index is -0.332. The fourth-order valence-corrected chi connectivity index (χ4v) is 1.23. The second-order valence-corrected chi connectivity index (χ2v) is 4.17. The summed E-state index contributed by atoms with van der Waals surface area (Å²) in [6.45, 7) is 7.75. The second-order valence-electron chi connectivity index (χ2n) is 4.17. The Bertz CT molecular complexity index is 375. The van der Waals surface area contributed by atoms with Gasteiger partial charge in [-0.2, -0.15) is 4.98 Å². The van der Waals surface area contributed by atoms with Crippen LogP contribution in [0.4, 0.5) is 0 Å². The Balaban J connectivity index is 2.87. The van der Waals surface area contributed by atoms with Gasteiger partial charge in [0.15, 0.2) is 5.82 Å². The third-order valence-electron chi connectivity index (χ3n) is 2.72. The maximum Gasteiger partial charge on any atom is 0.243 e. The third kappa shape index (κ3) is 2.37. The molecule has 1 heterocycles. The highest BCUT2D eigenvalue weighted by molar-refractivity contribution is 5.10. The third-order valence-corrected chi connectivity index (χ3v) is 2.72. The Kier molecular flexibility index (Phi) is 3.15. The normalized spacial score (nSPS) is 13.9. The van der Waals surface area contributed by atoms with Crippen molar-refractivity contribution >= 4 is 0 Å². The molecule has 1 unspecified atom stereocenters. The molecular weight excluding hydrogens is 190 g/mol. The van der Waals surface area contributed by atoms with Gasteiger partial charge >= 0.3 is 0 Å². The summed E-state index contributed by atoms with van der Waals surface area (Å²) in [5.74, 6) is 3.97. The average molecular weight is 207 g/mol. The molecule has 0 bridgehead atoms. The number of nitrogens with zero attached hydrogens (tertiary/aromatic N) is 3. The van der Waals surface area contributed by atoms with Gasteiger partial charge in [-0.05, 0) is 34.7 Å². The first-order valence-corrected chi connectivity index (χ1v) is 4.89. The van der Waals surface area contributed by atoms with Crippen LogP contribution in [-0.4, -0.2) is 27.6 Å². The van der Waals surface area contributed by atoms with Crippen molar-refractivity contribution in [2.75, 3.05) is 7.05 Å². The quantitative estimate of drug-likeness (QED) is 0.708. The van der Waals surface area contributed by atoms with Crippen molar-refractivity contribution in [3.8, 4) is 12.3 Å². The van der Waals surface area contributed by atoms with Gasteiger partial charge in [0, 0.05) is 0 Å². The number of aryl methyl sites for hydroxylation is 1. The topological polar surface area (TPSA) is 42.2 Å². The van der Waals surface area contributed by atoms with Crippen LogP contribution in [0.25, 0.3) is 0 Å². The number of terminal acetylenes is 1. The lowest BCUT2D eigenvalue weighted by atomic mass is 10.0. The molecule has 0 saturated heterocycles. The number of hydrogen-bond acceptors (Lipinski definition) is 4. The van der Waals surface area contributed by atoms with Gasteiger partial charge in [0.25, 0.3) is 0 Å². The Hall–Kier alpha value is -1.34. The first-order valence-electron chi connectivity index (χ1n) is 4.89. The van der Waals surface area contributed by atoms with Crippen LogP contribution in [0.3, 0.4) is 0 Å². The molecule has 4 heteroatoms. The van der Waals surface area contributed by atoms with Crippen molar-refractivity contribution in [1.29, 1.82) is 0 Å². The van der Waals surface area contributed by atoms with E-state index in [1.807, 2.05) is 32.7 Å². The highest BCUT2D eigenvalue weighted by atomic mass is 16.5. The van der Waals surface area contributed by atoms with Crippen LogP contribution < -0.4 is 0 Å². The summed E-state index contributed by atoms with van der Waals surface area (Å²) < 4.78 is 5.12. The lowest BCUT2D eigenvalue weighted by Crippen LogP contribution is -2.41. The molecule has 0 aliphatic rings. The maximum atomic E-state index is 5.47. The van der Waals surface area contributed by atoms with Crippen LogP contribution in [0.1, 0.15) is 38.5 Å². The lowest BCUT2D eigenvalue weighted by Gasteiger charge is -2.33. The summed E-state index contributed by atoms with van der Waals surface area (Å²) in [5, 5.41) is 3.76. The van der Waals surface area contributed by atoms with E-state index in [-0.39, 0.29) is 11.6 Å². The van der Waals surface area contributed by atoms with Crippen LogP contribution in [0.15, 0.2) is 4.52 Å². The highest BCUT2D eigenvalue weighted by Crippen LogP contribution is 2.24. The van der Waals surface area contributed by atoms with Crippen LogP contribution in [-0.2, 0) is 0 Å². The summed E-state index contributed by atoms with van der Waals surface area (Å²) in [4.78, 5) is 6.22. The first-order chi connectivity index (χ1) is 6.88. The van der Waals surface area contributed by atoms with E-state index < -0.39 is 0 Å². The van der Waals surface area contributed by atoms with E-state index in [1.54, 1.807) is 6.92 Å². The fourth-order valence-electron chi connectivity index (χ4n) is 1.23. The molecule has 0 fully saturated rings. The minimum absolute atomic E-state index is 0.0113. The summed E-state index contributed by atoms with van der Waals surface area (Å²) >= 11 is 0. The molecule has 1 aromatic heterocycles. The van der Waals surface area contributed by atoms with Crippen LogP contribution in [0.5, 0.6) is 0 Å². The van der Waals surface area contributed by atoms with E-state index in [9.17, 15) is 0 Å². The standard InChI is InChI=1S/C11H17N3O/c1-7-11(4,5)14(6)8(2)10-12-9(3)13-15-10/h1,8H,2-6H3. The largest absolute Gasteiger partial charge is 0.338 e. The van der Waals surface area contributed by atoms with Gasteiger partial charge in [0.2, 0.25) is 5.89 Å². The summed E-state index contributed by atoms with van der Waals surface area (Å²) in [5.41, 5.74) is -0.332. The molecule has 0 aliphatic carbocycles. The predicted molar refractivity (Wildman–Crippen MR) is 58.1 cm³/mol. The van der Waals surface area contributed by atoms with Crippen molar-refractivity contribution in [2.45, 2.75) is 39.3 Å². The van der Waals surface area contributed by atoms with Crippen LogP contribution >= 0.6 is 0 Å². The minimum Gasteiger partial charge on any atom is -0.338 e. The Morgan fingerprint density at radius 1 is 1.53 bits per heavy atom. The van der Waals surface area contributed by atoms with Gasteiger partial charge in [0.05, 0.1) is 11.6 Å². The van der Waals surface area contributed by atoms with E-state index in [4.69, 9.17) is 10.9 Å². The zero-order valence-electron chi connectivity index (χ0n) is 9.90. The maximum absolute atomic E-state index is 5.47. The van der Waals surface area contributed by atoms with Gasteiger partial charge in [-0.15, -0.1) is 6.42 Å². The van der Waals surface area contributed by atoms with Gasteiger partial charge in [0.1, 0.15) is 0 Å². The van der Waals surface area contributed by atoms with Crippen molar-refractivity contribution < 1.29 is 4.52 Å². The van der Waals surface area contributed by atoms with E-state index >= 15 is 0 Å². The monoisotopic (exact) mass is 207 g/mol. The molecular formula is C11H17N3O. The highest BCUT2D eigenvalue weighted by Gasteiger charge is 2.28. The van der Waals surface area contributed by atoms with E-state index in [0.29, 0.717) is 11.7 Å². The Morgan fingerprint density at radius 3 is 2.53 bits per heavy atom. The smallest absolute Gasteiger partial charge is 0.243 e. The van der Waals surface area contributed by atoms with Gasteiger partial charge in [-0.3, -0.25) is 4.90 Å². The second kappa shape index (κ2) is 4.03. The van der Waals surface area contributed by atoms with Crippen molar-refractivity contribution in [3.05, 3.63) is 11.7 Å². The van der Waals surface area contributed by atoms with Crippen molar-refractivity contribution in [1.82, 2.24) is 15.0 Å². The lowest BCUT2D eigenvalue weighted by molar-refractivity contribution is 0.131. The van der Waals surface area contributed by atoms with Gasteiger partial charge < -0.3 is 4.52 Å². The molecule has 1 aromatic rings. The van der Waals surface area contributed by atoms with Gasteiger partial charge in [-0.25, -0.2) is 0 Å². The van der Waals surface area contributed by atoms with E-state index in [1.165, 1.54) is 0 Å². The number of hydrogen-bond donors (Lipinski definition) is 0. The molecule has 0 radical (unpaired) electrons. The molecule has 82 valence electrons. The van der Waals surface area contributed by atoms with Gasteiger partial charge in [-0.1, -0.05) is 11.1 Å². The molecule has 4 nitrogen and oxygen atoms in total. The number of rotatable bonds is 3. The SMILES string of the molecule is C#CC(C)(C)N(C)C(C)c1nc(C)no1. The molecule has 1 rings (SSSR count). The molecule has 0 amide bonds. The fraction of sp³-hybridized carbons (Fsp3) is 0.636. The molecule has 0 aromatic carbocycles. The molecule has 0 spiro atoms. The molecule has 0 N–H and O–H groups in total. The number of aromatic nitrogens is 2. The molecule has 1 atom stereocenters. The summed E-state index contributed by atoms with van der Waals surface area (Å²) in [7, 11) is 1.95. The molecule has 15 heavy (non-hydrogen) atoms. The zero-order chi connectivity index (χ0) is 11.6. The molecule has 0 aliphatic heterocycles. The van der Waals surface area contributed by atoms with E-state index in [0.717, 1.165) is 0 Å². The first kappa shape index (κ1) is 11.7. The average Bonchev–Trinajstić information content (AvgIpc) is 2.62. The Morgan fingerprint density at radius 2 is 2.13 bits per heavy atom. The van der Waals surface area contributed by atoms with Crippen LogP contribution in [0.2, 0.25) is 0 Å². The summed E-state index contributed by atoms with van der Waals surface area (Å²) in [6.07, 6.45) is 5.47. The zero-order valence-corrected chi connectivity index (χ0v) is 9.90. The predicted octanol–water partition coefficient (Wildman–Crippen LogP) is 1.78.